The zero-order valence-electron chi connectivity index (χ0n) is 51.8. The standard InChI is InChI=1S/C75H91BN2/c1-46-22-32-62-60(38-46)76-61-43-50(69(5,6)7)27-33-63(61)78(65-45-52(71(11,12)13)44-64(66(65)76)77(62)53-28-25-49(26-29-53)68(2,3)4)67-54(47-23-30-56-58(39-47)74(18,19)36-34-72(56,14)15)41-51(70(8,9)10)42-55(67)48-24-31-57-59(40-48)75(20,21)37-35-73(57,16)17/h22-33,38-45H,34-37H2,1-21H3. The van der Waals surface area contributed by atoms with Crippen LogP contribution in [0.3, 0.4) is 0 Å². The third kappa shape index (κ3) is 8.91. The summed E-state index contributed by atoms with van der Waals surface area (Å²) in [6, 6.07) is 50.0. The lowest BCUT2D eigenvalue weighted by Crippen LogP contribution is -2.61. The van der Waals surface area contributed by atoms with Crippen LogP contribution in [0.1, 0.15) is 214 Å². The summed E-state index contributed by atoms with van der Waals surface area (Å²) in [5, 5.41) is 0. The third-order valence-corrected chi connectivity index (χ3v) is 19.5. The van der Waals surface area contributed by atoms with Crippen LogP contribution in [0.25, 0.3) is 22.3 Å². The van der Waals surface area contributed by atoms with Gasteiger partial charge in [-0.05, 0) is 196 Å². The second-order valence-electron chi connectivity index (χ2n) is 31.4. The number of benzene rings is 7. The van der Waals surface area contributed by atoms with Gasteiger partial charge in [0.15, 0.2) is 0 Å². The molecule has 11 rings (SSSR count). The Labute approximate surface area is 472 Å². The average molecular weight is 1030 g/mol. The van der Waals surface area contributed by atoms with Crippen LogP contribution in [0, 0.1) is 6.92 Å². The van der Waals surface area contributed by atoms with E-state index in [0.29, 0.717) is 0 Å². The predicted octanol–water partition coefficient (Wildman–Crippen LogP) is 19.3. The highest BCUT2D eigenvalue weighted by molar-refractivity contribution is 7.00. The molecule has 2 aliphatic heterocycles. The van der Waals surface area contributed by atoms with Gasteiger partial charge < -0.3 is 9.80 Å². The van der Waals surface area contributed by atoms with Gasteiger partial charge in [0.2, 0.25) is 0 Å². The summed E-state index contributed by atoms with van der Waals surface area (Å²) >= 11 is 0. The Hall–Kier alpha value is -5.80. The van der Waals surface area contributed by atoms with Crippen LogP contribution in [-0.2, 0) is 43.3 Å². The van der Waals surface area contributed by atoms with Crippen LogP contribution < -0.4 is 26.2 Å². The number of hydrogen-bond acceptors (Lipinski definition) is 2. The zero-order chi connectivity index (χ0) is 56.4. The van der Waals surface area contributed by atoms with Crippen molar-refractivity contribution in [3.63, 3.8) is 0 Å². The van der Waals surface area contributed by atoms with E-state index in [4.69, 9.17) is 0 Å². The molecule has 0 atom stereocenters. The number of hydrogen-bond donors (Lipinski definition) is 0. The van der Waals surface area contributed by atoms with Crippen molar-refractivity contribution in [1.82, 2.24) is 0 Å². The Kier molecular flexibility index (Phi) is 12.2. The molecule has 78 heavy (non-hydrogen) atoms. The van der Waals surface area contributed by atoms with Crippen LogP contribution >= 0.6 is 0 Å². The molecule has 0 radical (unpaired) electrons. The van der Waals surface area contributed by atoms with Crippen LogP contribution in [0.5, 0.6) is 0 Å². The molecule has 0 spiro atoms. The lowest BCUT2D eigenvalue weighted by atomic mass is 9.33. The van der Waals surface area contributed by atoms with Gasteiger partial charge in [0.1, 0.15) is 0 Å². The summed E-state index contributed by atoms with van der Waals surface area (Å²) in [5.74, 6) is 0. The van der Waals surface area contributed by atoms with Gasteiger partial charge in [0.25, 0.3) is 6.71 Å². The predicted molar refractivity (Wildman–Crippen MR) is 341 cm³/mol. The Bertz CT molecular complexity index is 3470. The van der Waals surface area contributed by atoms with E-state index in [1.54, 1.807) is 0 Å². The van der Waals surface area contributed by atoms with Crippen molar-refractivity contribution in [2.45, 2.75) is 214 Å². The average Bonchev–Trinajstić information content (AvgIpc) is 3.51. The van der Waals surface area contributed by atoms with Gasteiger partial charge in [0.05, 0.1) is 5.69 Å². The minimum Gasteiger partial charge on any atom is -0.311 e. The van der Waals surface area contributed by atoms with Gasteiger partial charge >= 0.3 is 0 Å². The Morgan fingerprint density at radius 3 is 1.23 bits per heavy atom. The van der Waals surface area contributed by atoms with E-state index in [1.807, 2.05) is 0 Å². The van der Waals surface area contributed by atoms with Crippen molar-refractivity contribution >= 4 is 57.2 Å². The molecule has 2 aliphatic carbocycles. The van der Waals surface area contributed by atoms with Gasteiger partial charge in [-0.1, -0.05) is 217 Å². The van der Waals surface area contributed by atoms with E-state index < -0.39 is 0 Å². The molecule has 2 nitrogen and oxygen atoms in total. The van der Waals surface area contributed by atoms with E-state index in [1.165, 1.54) is 136 Å². The van der Waals surface area contributed by atoms with Crippen molar-refractivity contribution < 1.29 is 0 Å². The largest absolute Gasteiger partial charge is 0.311 e. The fourth-order valence-electron chi connectivity index (χ4n) is 13.9. The second-order valence-corrected chi connectivity index (χ2v) is 31.4. The van der Waals surface area contributed by atoms with E-state index in [9.17, 15) is 0 Å². The maximum Gasteiger partial charge on any atom is 0.252 e. The lowest BCUT2D eigenvalue weighted by molar-refractivity contribution is 0.332. The summed E-state index contributed by atoms with van der Waals surface area (Å²) in [6.45, 7) is 50.6. The fraction of sp³-hybridized carbons (Fsp3) is 0.440. The molecule has 2 heterocycles. The highest BCUT2D eigenvalue weighted by Crippen LogP contribution is 2.56. The number of anilines is 6. The van der Waals surface area contributed by atoms with Gasteiger partial charge in [-0.2, -0.15) is 0 Å². The molecule has 0 bridgehead atoms. The summed E-state index contributed by atoms with van der Waals surface area (Å²) in [4.78, 5) is 5.40. The second kappa shape index (κ2) is 17.6. The molecular weight excluding hydrogens is 940 g/mol. The molecule has 7 aromatic carbocycles. The van der Waals surface area contributed by atoms with E-state index in [0.717, 1.165) is 12.8 Å². The van der Waals surface area contributed by atoms with Crippen molar-refractivity contribution in [2.75, 3.05) is 9.80 Å². The summed E-state index contributed by atoms with van der Waals surface area (Å²) in [6.07, 6.45) is 4.70. The van der Waals surface area contributed by atoms with Crippen molar-refractivity contribution in [3.05, 3.63) is 171 Å². The quantitative estimate of drug-likeness (QED) is 0.162. The Morgan fingerprint density at radius 2 is 0.756 bits per heavy atom. The summed E-state index contributed by atoms with van der Waals surface area (Å²) in [5.41, 5.74) is 29.3. The van der Waals surface area contributed by atoms with Crippen LogP contribution in [0.4, 0.5) is 34.1 Å². The van der Waals surface area contributed by atoms with Gasteiger partial charge in [-0.25, -0.2) is 0 Å². The monoisotopic (exact) mass is 1030 g/mol. The van der Waals surface area contributed by atoms with Gasteiger partial charge in [-0.15, -0.1) is 0 Å². The fourth-order valence-corrected chi connectivity index (χ4v) is 13.9. The van der Waals surface area contributed by atoms with E-state index >= 15 is 0 Å². The number of fused-ring (bicyclic) bond motifs is 6. The summed E-state index contributed by atoms with van der Waals surface area (Å²) in [7, 11) is 0. The molecule has 0 aromatic heterocycles. The van der Waals surface area contributed by atoms with E-state index in [-0.39, 0.29) is 50.0 Å². The molecule has 0 saturated carbocycles. The highest BCUT2D eigenvalue weighted by atomic mass is 15.2. The maximum atomic E-state index is 2.79. The van der Waals surface area contributed by atoms with Crippen LogP contribution in [0.15, 0.2) is 121 Å². The van der Waals surface area contributed by atoms with Crippen molar-refractivity contribution in [3.8, 4) is 22.3 Å². The van der Waals surface area contributed by atoms with Gasteiger partial charge in [-0.3, -0.25) is 0 Å². The SMILES string of the molecule is Cc1ccc2c(c1)B1c3cc(C(C)(C)C)ccc3N(c3c(-c4ccc5c(c4)C(C)(C)CCC5(C)C)cc(C(C)(C)C)cc3-c3ccc4c(c3)C(C)(C)CCC4(C)C)c3cc(C(C)(C)C)cc(c31)N2c1ccc(C(C)(C)C)cc1. The molecule has 0 saturated heterocycles. The topological polar surface area (TPSA) is 6.48 Å². The van der Waals surface area contributed by atoms with Crippen LogP contribution in [-0.4, -0.2) is 6.71 Å². The zero-order valence-corrected chi connectivity index (χ0v) is 51.8. The first-order valence-electron chi connectivity index (χ1n) is 29.7. The Balaban J connectivity index is 1.33. The normalized spacial score (nSPS) is 17.9. The molecule has 0 N–H and O–H groups in total. The minimum atomic E-state index is -0.159. The molecule has 404 valence electrons. The van der Waals surface area contributed by atoms with Crippen LogP contribution in [0.2, 0.25) is 0 Å². The maximum absolute atomic E-state index is 2.79. The molecule has 7 aromatic rings. The minimum absolute atomic E-state index is 0.00290. The molecule has 4 aliphatic rings. The molecule has 0 fully saturated rings. The molecule has 3 heteroatoms. The first kappa shape index (κ1) is 54.2. The highest BCUT2D eigenvalue weighted by Gasteiger charge is 2.47. The number of rotatable bonds is 4. The smallest absolute Gasteiger partial charge is 0.252 e. The van der Waals surface area contributed by atoms with E-state index in [2.05, 4.69) is 277 Å². The first-order chi connectivity index (χ1) is 36.1. The molecular formula is C75H91BN2. The lowest BCUT2D eigenvalue weighted by Gasteiger charge is -2.46. The van der Waals surface area contributed by atoms with Crippen molar-refractivity contribution in [1.29, 1.82) is 0 Å². The number of nitrogens with zero attached hydrogens (tertiary/aromatic N) is 2. The molecule has 0 unspecified atom stereocenters. The molecule has 0 amide bonds. The first-order valence-corrected chi connectivity index (χ1v) is 29.7. The number of aryl methyl sites for hydroxylation is 1. The van der Waals surface area contributed by atoms with Crippen molar-refractivity contribution in [2.24, 2.45) is 0 Å². The summed E-state index contributed by atoms with van der Waals surface area (Å²) < 4.78 is 0. The third-order valence-electron chi connectivity index (χ3n) is 19.5. The van der Waals surface area contributed by atoms with Gasteiger partial charge in [0, 0.05) is 39.6 Å². The Morgan fingerprint density at radius 1 is 0.359 bits per heavy atom.